The number of hydrogen-bond acceptors (Lipinski definition) is 5. The van der Waals surface area contributed by atoms with E-state index in [1.165, 1.54) is 0 Å². The summed E-state index contributed by atoms with van der Waals surface area (Å²) in [6.07, 6.45) is 2.24. The van der Waals surface area contributed by atoms with Crippen LogP contribution in [0.4, 0.5) is 0 Å². The molecule has 0 saturated carbocycles. The first kappa shape index (κ1) is 23.3. The van der Waals surface area contributed by atoms with Crippen LogP contribution >= 0.6 is 0 Å². The van der Waals surface area contributed by atoms with E-state index in [0.29, 0.717) is 32.2 Å². The molecule has 25 heavy (non-hydrogen) atoms. The molecular weight excluding hydrogens is 324 g/mol. The maximum absolute atomic E-state index is 12.6. The highest BCUT2D eigenvalue weighted by atomic mass is 16.4. The Labute approximate surface area is 150 Å². The third-order valence-corrected chi connectivity index (χ3v) is 4.38. The quantitative estimate of drug-likeness (QED) is 0.315. The predicted molar refractivity (Wildman–Crippen MR) is 96.7 cm³/mol. The van der Waals surface area contributed by atoms with Crippen molar-refractivity contribution in [1.82, 2.24) is 10.6 Å². The molecule has 8 nitrogen and oxygen atoms in total. The zero-order valence-corrected chi connectivity index (χ0v) is 15.7. The number of amides is 2. The molecular formula is C17H34N4O4. The Hall–Kier alpha value is -1.67. The minimum atomic E-state index is -1.10. The zero-order chi connectivity index (χ0) is 19.6. The summed E-state index contributed by atoms with van der Waals surface area (Å²) in [5.74, 6) is -2.23. The van der Waals surface area contributed by atoms with Crippen molar-refractivity contribution >= 4 is 17.8 Å². The fourth-order valence-electron chi connectivity index (χ4n) is 2.27. The molecule has 0 spiro atoms. The van der Waals surface area contributed by atoms with Gasteiger partial charge in [-0.3, -0.25) is 9.59 Å². The SMILES string of the molecule is CC[C@H](C)[C@H](NC(=O)[C@@H](N)C(C)C)C(=O)N[C@@H](CCCCN)C(=O)O. The molecule has 4 atom stereocenters. The topological polar surface area (TPSA) is 148 Å². The normalized spacial score (nSPS) is 16.0. The summed E-state index contributed by atoms with van der Waals surface area (Å²) < 4.78 is 0. The summed E-state index contributed by atoms with van der Waals surface area (Å²) in [7, 11) is 0. The largest absolute Gasteiger partial charge is 0.480 e. The second-order valence-electron chi connectivity index (χ2n) is 6.83. The third kappa shape index (κ3) is 8.31. The highest BCUT2D eigenvalue weighted by Gasteiger charge is 2.31. The average Bonchev–Trinajstić information content (AvgIpc) is 2.56. The van der Waals surface area contributed by atoms with Gasteiger partial charge in [-0.1, -0.05) is 34.1 Å². The minimum Gasteiger partial charge on any atom is -0.480 e. The lowest BCUT2D eigenvalue weighted by Crippen LogP contribution is -2.57. The Balaban J connectivity index is 5.03. The second kappa shape index (κ2) is 11.8. The summed E-state index contributed by atoms with van der Waals surface area (Å²) in [5.41, 5.74) is 11.2. The number of carbonyl (C=O) groups is 3. The monoisotopic (exact) mass is 358 g/mol. The summed E-state index contributed by atoms with van der Waals surface area (Å²) in [6, 6.07) is -2.54. The van der Waals surface area contributed by atoms with Crippen molar-refractivity contribution in [3.63, 3.8) is 0 Å². The molecule has 0 fully saturated rings. The molecule has 8 heteroatoms. The van der Waals surface area contributed by atoms with Gasteiger partial charge >= 0.3 is 5.97 Å². The molecule has 0 aliphatic carbocycles. The van der Waals surface area contributed by atoms with Gasteiger partial charge in [0, 0.05) is 0 Å². The number of hydrogen-bond donors (Lipinski definition) is 5. The van der Waals surface area contributed by atoms with Crippen molar-refractivity contribution in [3.05, 3.63) is 0 Å². The van der Waals surface area contributed by atoms with Gasteiger partial charge in [-0.05, 0) is 37.6 Å². The van der Waals surface area contributed by atoms with Gasteiger partial charge in [0.1, 0.15) is 12.1 Å². The van der Waals surface area contributed by atoms with Crippen LogP contribution in [0.25, 0.3) is 0 Å². The van der Waals surface area contributed by atoms with Crippen molar-refractivity contribution in [2.24, 2.45) is 23.3 Å². The highest BCUT2D eigenvalue weighted by Crippen LogP contribution is 2.11. The molecule has 0 bridgehead atoms. The van der Waals surface area contributed by atoms with E-state index in [-0.39, 0.29) is 11.8 Å². The van der Waals surface area contributed by atoms with E-state index in [0.717, 1.165) is 0 Å². The van der Waals surface area contributed by atoms with E-state index in [4.69, 9.17) is 11.5 Å². The van der Waals surface area contributed by atoms with Gasteiger partial charge in [-0.15, -0.1) is 0 Å². The van der Waals surface area contributed by atoms with Gasteiger partial charge in [0.25, 0.3) is 0 Å². The van der Waals surface area contributed by atoms with Crippen LogP contribution in [0.1, 0.15) is 53.4 Å². The lowest BCUT2D eigenvalue weighted by atomic mass is 9.96. The molecule has 0 heterocycles. The van der Waals surface area contributed by atoms with Crippen LogP contribution in [0.15, 0.2) is 0 Å². The van der Waals surface area contributed by atoms with E-state index in [2.05, 4.69) is 10.6 Å². The number of rotatable bonds is 12. The average molecular weight is 358 g/mol. The predicted octanol–water partition coefficient (Wildman–Crippen LogP) is 0.199. The molecule has 2 amide bonds. The van der Waals surface area contributed by atoms with Crippen molar-refractivity contribution < 1.29 is 19.5 Å². The molecule has 0 unspecified atom stereocenters. The molecule has 0 aliphatic heterocycles. The Morgan fingerprint density at radius 1 is 1.04 bits per heavy atom. The molecule has 0 aromatic rings. The zero-order valence-electron chi connectivity index (χ0n) is 15.7. The number of nitrogens with one attached hydrogen (secondary N) is 2. The molecule has 0 aromatic carbocycles. The second-order valence-corrected chi connectivity index (χ2v) is 6.83. The first-order valence-electron chi connectivity index (χ1n) is 8.94. The maximum Gasteiger partial charge on any atom is 0.326 e. The Bertz CT molecular complexity index is 442. The lowest BCUT2D eigenvalue weighted by molar-refractivity contribution is -0.142. The summed E-state index contributed by atoms with van der Waals surface area (Å²) in [4.78, 5) is 36.1. The molecule has 146 valence electrons. The van der Waals surface area contributed by atoms with E-state index >= 15 is 0 Å². The highest BCUT2D eigenvalue weighted by molar-refractivity contribution is 5.92. The van der Waals surface area contributed by atoms with Crippen LogP contribution in [0.5, 0.6) is 0 Å². The number of carbonyl (C=O) groups excluding carboxylic acids is 2. The Morgan fingerprint density at radius 3 is 2.08 bits per heavy atom. The summed E-state index contributed by atoms with van der Waals surface area (Å²) in [5, 5.41) is 14.5. The third-order valence-electron chi connectivity index (χ3n) is 4.38. The summed E-state index contributed by atoms with van der Waals surface area (Å²) in [6.45, 7) is 7.84. The number of nitrogens with two attached hydrogens (primary N) is 2. The molecule has 0 saturated heterocycles. The number of carboxylic acid groups (broad SMARTS) is 1. The lowest BCUT2D eigenvalue weighted by Gasteiger charge is -2.27. The molecule has 0 aliphatic rings. The van der Waals surface area contributed by atoms with Gasteiger partial charge in [-0.25, -0.2) is 4.79 Å². The van der Waals surface area contributed by atoms with Crippen molar-refractivity contribution in [2.75, 3.05) is 6.54 Å². The van der Waals surface area contributed by atoms with Crippen molar-refractivity contribution in [3.8, 4) is 0 Å². The van der Waals surface area contributed by atoms with Crippen LogP contribution in [-0.2, 0) is 14.4 Å². The van der Waals surface area contributed by atoms with Crippen LogP contribution in [0.3, 0.4) is 0 Å². The Morgan fingerprint density at radius 2 is 1.64 bits per heavy atom. The molecule has 0 rings (SSSR count). The van der Waals surface area contributed by atoms with Gasteiger partial charge in [-0.2, -0.15) is 0 Å². The number of carboxylic acids is 1. The van der Waals surface area contributed by atoms with Gasteiger partial charge < -0.3 is 27.2 Å². The number of unbranched alkanes of at least 4 members (excludes halogenated alkanes) is 1. The standard InChI is InChI=1S/C17H34N4O4/c1-5-11(4)14(21-15(22)13(19)10(2)3)16(23)20-12(17(24)25)8-6-7-9-18/h10-14H,5-9,18-19H2,1-4H3,(H,20,23)(H,21,22)(H,24,25)/t11-,12-,13-,14-/m0/s1. The van der Waals surface area contributed by atoms with Gasteiger partial charge in [0.05, 0.1) is 6.04 Å². The molecule has 0 radical (unpaired) electrons. The van der Waals surface area contributed by atoms with Crippen LogP contribution < -0.4 is 22.1 Å². The van der Waals surface area contributed by atoms with Crippen LogP contribution in [-0.4, -0.2) is 47.6 Å². The first-order chi connectivity index (χ1) is 11.6. The van der Waals surface area contributed by atoms with E-state index in [1.807, 2.05) is 27.7 Å². The number of aliphatic carboxylic acids is 1. The molecule has 0 aromatic heterocycles. The minimum absolute atomic E-state index is 0.0660. The smallest absolute Gasteiger partial charge is 0.326 e. The first-order valence-corrected chi connectivity index (χ1v) is 8.94. The fraction of sp³-hybridized carbons (Fsp3) is 0.824. The van der Waals surface area contributed by atoms with E-state index < -0.39 is 35.9 Å². The fourth-order valence-corrected chi connectivity index (χ4v) is 2.27. The Kier molecular flexibility index (Phi) is 11.0. The van der Waals surface area contributed by atoms with E-state index in [9.17, 15) is 19.5 Å². The summed E-state index contributed by atoms with van der Waals surface area (Å²) >= 11 is 0. The van der Waals surface area contributed by atoms with Crippen molar-refractivity contribution in [2.45, 2.75) is 71.5 Å². The van der Waals surface area contributed by atoms with Gasteiger partial charge in [0.15, 0.2) is 0 Å². The maximum atomic E-state index is 12.6. The van der Waals surface area contributed by atoms with Crippen molar-refractivity contribution in [1.29, 1.82) is 0 Å². The van der Waals surface area contributed by atoms with Gasteiger partial charge in [0.2, 0.25) is 11.8 Å². The van der Waals surface area contributed by atoms with Crippen LogP contribution in [0.2, 0.25) is 0 Å². The molecule has 7 N–H and O–H groups in total. The van der Waals surface area contributed by atoms with E-state index in [1.54, 1.807) is 0 Å². The van der Waals surface area contributed by atoms with Crippen LogP contribution in [0, 0.1) is 11.8 Å².